The summed E-state index contributed by atoms with van der Waals surface area (Å²) >= 11 is 9.51. The highest BCUT2D eigenvalue weighted by atomic mass is 79.9. The Balaban J connectivity index is 0.000000447. The molecular formula is C20H18BrClFNO2. The second-order valence-electron chi connectivity index (χ2n) is 6.29. The van der Waals surface area contributed by atoms with Gasteiger partial charge in [0.1, 0.15) is 5.82 Å². The van der Waals surface area contributed by atoms with Gasteiger partial charge in [-0.2, -0.15) is 0 Å². The topological polar surface area (TPSA) is 42.2 Å². The van der Waals surface area contributed by atoms with Gasteiger partial charge < -0.3 is 9.67 Å². The van der Waals surface area contributed by atoms with Gasteiger partial charge in [0.15, 0.2) is 0 Å². The van der Waals surface area contributed by atoms with Crippen LogP contribution in [0.4, 0.5) is 4.39 Å². The third-order valence-corrected chi connectivity index (χ3v) is 5.25. The minimum absolute atomic E-state index is 0.183. The van der Waals surface area contributed by atoms with Crippen molar-refractivity contribution >= 4 is 44.4 Å². The lowest BCUT2D eigenvalue weighted by Crippen LogP contribution is -2.04. The molecule has 136 valence electrons. The van der Waals surface area contributed by atoms with Gasteiger partial charge in [-0.15, -0.1) is 0 Å². The summed E-state index contributed by atoms with van der Waals surface area (Å²) in [5, 5.41) is 9.21. The predicted molar refractivity (Wildman–Crippen MR) is 105 cm³/mol. The molecule has 0 saturated heterocycles. The Kier molecular flexibility index (Phi) is 5.68. The molecule has 0 radical (unpaired) electrons. The number of aryl methyl sites for hydroxylation is 1. The zero-order valence-corrected chi connectivity index (χ0v) is 16.6. The van der Waals surface area contributed by atoms with E-state index in [0.717, 1.165) is 53.1 Å². The molecule has 0 fully saturated rings. The number of carbonyl (C=O) groups is 1. The Morgan fingerprint density at radius 3 is 2.58 bits per heavy atom. The number of carboxylic acid groups (broad SMARTS) is 1. The van der Waals surface area contributed by atoms with E-state index in [9.17, 15) is 4.39 Å². The van der Waals surface area contributed by atoms with Crippen LogP contribution in [0.3, 0.4) is 0 Å². The van der Waals surface area contributed by atoms with Gasteiger partial charge in [0.05, 0.1) is 5.52 Å². The summed E-state index contributed by atoms with van der Waals surface area (Å²) in [6.45, 7) is 1.87. The normalized spacial score (nSPS) is 12.6. The summed E-state index contributed by atoms with van der Waals surface area (Å²) in [6, 6.07) is 11.1. The molecule has 0 aliphatic heterocycles. The van der Waals surface area contributed by atoms with Crippen molar-refractivity contribution in [2.75, 3.05) is 0 Å². The molecule has 6 heteroatoms. The van der Waals surface area contributed by atoms with Crippen molar-refractivity contribution in [3.05, 3.63) is 68.5 Å². The first-order chi connectivity index (χ1) is 12.4. The van der Waals surface area contributed by atoms with Crippen LogP contribution in [0.5, 0.6) is 0 Å². The summed E-state index contributed by atoms with van der Waals surface area (Å²) < 4.78 is 16.9. The highest BCUT2D eigenvalue weighted by Crippen LogP contribution is 2.37. The minimum atomic E-state index is -0.833. The second-order valence-corrected chi connectivity index (χ2v) is 7.58. The molecule has 0 atom stereocenters. The number of fused-ring (bicyclic) bond motifs is 3. The standard InChI is InChI=1S/C18H14BrClFN.C2H4O2/c19-16-9-13(21)8-15-14-2-1-3-17(14)22(18(15)16)10-11-4-6-12(20)7-5-11;1-2(3)4/h4-9H,1-3,10H2;1H3,(H,3,4). The Morgan fingerprint density at radius 1 is 1.27 bits per heavy atom. The number of aliphatic carboxylic acids is 1. The molecule has 0 unspecified atom stereocenters. The minimum Gasteiger partial charge on any atom is -0.481 e. The Labute approximate surface area is 164 Å². The molecular weight excluding hydrogens is 421 g/mol. The summed E-state index contributed by atoms with van der Waals surface area (Å²) in [4.78, 5) is 9.00. The average molecular weight is 439 g/mol. The van der Waals surface area contributed by atoms with Crippen molar-refractivity contribution in [2.24, 2.45) is 0 Å². The van der Waals surface area contributed by atoms with Gasteiger partial charge in [0, 0.05) is 34.0 Å². The number of hydrogen-bond donors (Lipinski definition) is 1. The number of hydrogen-bond acceptors (Lipinski definition) is 1. The summed E-state index contributed by atoms with van der Waals surface area (Å²) in [5.41, 5.74) is 4.95. The van der Waals surface area contributed by atoms with Crippen LogP contribution < -0.4 is 0 Å². The highest BCUT2D eigenvalue weighted by molar-refractivity contribution is 9.10. The van der Waals surface area contributed by atoms with Crippen LogP contribution in [0.2, 0.25) is 5.02 Å². The van der Waals surface area contributed by atoms with Gasteiger partial charge in [-0.1, -0.05) is 23.7 Å². The molecule has 3 aromatic rings. The SMILES string of the molecule is CC(=O)O.Fc1cc(Br)c2c(c1)c1c(n2Cc2ccc(Cl)cc2)CCC1. The van der Waals surface area contributed by atoms with Gasteiger partial charge in [-0.25, -0.2) is 4.39 Å². The van der Waals surface area contributed by atoms with Crippen molar-refractivity contribution in [2.45, 2.75) is 32.7 Å². The Hall–Kier alpha value is -1.85. The number of rotatable bonds is 2. The van der Waals surface area contributed by atoms with Crippen molar-refractivity contribution < 1.29 is 14.3 Å². The molecule has 3 nitrogen and oxygen atoms in total. The van der Waals surface area contributed by atoms with Crippen LogP contribution in [0.15, 0.2) is 40.9 Å². The number of halogens is 3. The van der Waals surface area contributed by atoms with E-state index in [1.807, 2.05) is 24.3 Å². The predicted octanol–water partition coefficient (Wildman–Crippen LogP) is 5.82. The third-order valence-electron chi connectivity index (χ3n) is 4.39. The van der Waals surface area contributed by atoms with Crippen molar-refractivity contribution in [1.29, 1.82) is 0 Å². The van der Waals surface area contributed by atoms with Gasteiger partial charge in [-0.05, 0) is 70.6 Å². The summed E-state index contributed by atoms with van der Waals surface area (Å²) in [5.74, 6) is -1.02. The molecule has 0 bridgehead atoms. The molecule has 4 rings (SSSR count). The van der Waals surface area contributed by atoms with Gasteiger partial charge in [0.2, 0.25) is 0 Å². The maximum Gasteiger partial charge on any atom is 0.300 e. The maximum absolute atomic E-state index is 13.8. The van der Waals surface area contributed by atoms with Crippen LogP contribution in [-0.2, 0) is 24.2 Å². The zero-order valence-electron chi connectivity index (χ0n) is 14.2. The van der Waals surface area contributed by atoms with Gasteiger partial charge in [0.25, 0.3) is 5.97 Å². The molecule has 0 spiro atoms. The molecule has 1 aromatic heterocycles. The van der Waals surface area contributed by atoms with Crippen LogP contribution in [-0.4, -0.2) is 15.6 Å². The molecule has 26 heavy (non-hydrogen) atoms. The van der Waals surface area contributed by atoms with Crippen LogP contribution >= 0.6 is 27.5 Å². The number of carboxylic acids is 1. The number of aromatic nitrogens is 1. The highest BCUT2D eigenvalue weighted by Gasteiger charge is 2.23. The van der Waals surface area contributed by atoms with E-state index in [-0.39, 0.29) is 5.82 Å². The van der Waals surface area contributed by atoms with E-state index < -0.39 is 5.97 Å². The van der Waals surface area contributed by atoms with Crippen LogP contribution in [0.1, 0.15) is 30.2 Å². The molecule has 1 N–H and O–H groups in total. The van der Waals surface area contributed by atoms with Crippen molar-refractivity contribution in [3.8, 4) is 0 Å². The van der Waals surface area contributed by atoms with Crippen LogP contribution in [0, 0.1) is 5.82 Å². The largest absolute Gasteiger partial charge is 0.481 e. The lowest BCUT2D eigenvalue weighted by Gasteiger charge is -2.11. The fourth-order valence-corrected chi connectivity index (χ4v) is 4.24. The first kappa shape index (κ1) is 18.9. The number of nitrogens with zero attached hydrogens (tertiary/aromatic N) is 1. The fourth-order valence-electron chi connectivity index (χ4n) is 3.47. The average Bonchev–Trinajstić information content (AvgIpc) is 3.12. The van der Waals surface area contributed by atoms with Crippen molar-refractivity contribution in [1.82, 2.24) is 4.57 Å². The molecule has 0 amide bonds. The first-order valence-corrected chi connectivity index (χ1v) is 9.47. The Morgan fingerprint density at radius 2 is 1.92 bits per heavy atom. The smallest absolute Gasteiger partial charge is 0.300 e. The lowest BCUT2D eigenvalue weighted by atomic mass is 10.1. The van der Waals surface area contributed by atoms with Gasteiger partial charge >= 0.3 is 0 Å². The van der Waals surface area contributed by atoms with E-state index in [4.69, 9.17) is 21.5 Å². The third kappa shape index (κ3) is 3.94. The second kappa shape index (κ2) is 7.80. The van der Waals surface area contributed by atoms with E-state index in [1.165, 1.54) is 16.8 Å². The zero-order chi connectivity index (χ0) is 18.8. The van der Waals surface area contributed by atoms with E-state index >= 15 is 0 Å². The summed E-state index contributed by atoms with van der Waals surface area (Å²) in [7, 11) is 0. The summed E-state index contributed by atoms with van der Waals surface area (Å²) in [6.07, 6.45) is 3.25. The quantitative estimate of drug-likeness (QED) is 0.547. The van der Waals surface area contributed by atoms with Gasteiger partial charge in [-0.3, -0.25) is 4.79 Å². The molecule has 1 heterocycles. The first-order valence-electron chi connectivity index (χ1n) is 8.29. The molecule has 1 aliphatic carbocycles. The fraction of sp³-hybridized carbons (Fsp3) is 0.250. The maximum atomic E-state index is 13.8. The van der Waals surface area contributed by atoms with Crippen LogP contribution in [0.25, 0.3) is 10.9 Å². The lowest BCUT2D eigenvalue weighted by molar-refractivity contribution is -0.134. The van der Waals surface area contributed by atoms with E-state index in [1.54, 1.807) is 12.1 Å². The van der Waals surface area contributed by atoms with Crippen molar-refractivity contribution in [3.63, 3.8) is 0 Å². The molecule has 0 saturated carbocycles. The van der Waals surface area contributed by atoms with E-state index in [2.05, 4.69) is 20.5 Å². The molecule has 2 aromatic carbocycles. The molecule has 1 aliphatic rings. The number of benzene rings is 2. The monoisotopic (exact) mass is 437 g/mol. The van der Waals surface area contributed by atoms with E-state index in [0.29, 0.717) is 0 Å². The Bertz CT molecular complexity index is 962.